The van der Waals surface area contributed by atoms with E-state index in [1.807, 2.05) is 25.1 Å². The van der Waals surface area contributed by atoms with Crippen molar-refractivity contribution in [1.82, 2.24) is 0 Å². The minimum Gasteiger partial charge on any atom is -0.466 e. The van der Waals surface area contributed by atoms with Gasteiger partial charge in [0.05, 0.1) is 17.8 Å². The van der Waals surface area contributed by atoms with Crippen molar-refractivity contribution in [2.45, 2.75) is 13.8 Å². The van der Waals surface area contributed by atoms with Crippen LogP contribution in [0.4, 0.5) is 5.69 Å². The lowest BCUT2D eigenvalue weighted by Crippen LogP contribution is -2.05. The van der Waals surface area contributed by atoms with Gasteiger partial charge in [-0.15, -0.1) is 0 Å². The fourth-order valence-corrected chi connectivity index (χ4v) is 1.52. The molecule has 0 fully saturated rings. The van der Waals surface area contributed by atoms with Crippen molar-refractivity contribution in [1.29, 1.82) is 0 Å². The van der Waals surface area contributed by atoms with E-state index in [4.69, 9.17) is 11.6 Å². The second-order valence-corrected chi connectivity index (χ2v) is 4.15. The average Bonchev–Trinajstić information content (AvgIpc) is 2.32. The number of hydrogen-bond acceptors (Lipinski definition) is 3. The predicted molar refractivity (Wildman–Crippen MR) is 70.5 cm³/mol. The molecule has 0 heterocycles. The number of anilines is 1. The molecule has 0 saturated heterocycles. The van der Waals surface area contributed by atoms with Crippen LogP contribution >= 0.6 is 11.6 Å². The summed E-state index contributed by atoms with van der Waals surface area (Å²) in [5.41, 5.74) is 2.56. The van der Waals surface area contributed by atoms with E-state index in [9.17, 15) is 4.79 Å². The van der Waals surface area contributed by atoms with Gasteiger partial charge in [0.25, 0.3) is 0 Å². The Labute approximate surface area is 106 Å². The molecule has 3 nitrogen and oxygen atoms in total. The highest BCUT2D eigenvalue weighted by molar-refractivity contribution is 6.33. The molecular weight excluding hydrogens is 238 g/mol. The third kappa shape index (κ3) is 4.11. The van der Waals surface area contributed by atoms with E-state index < -0.39 is 0 Å². The summed E-state index contributed by atoms with van der Waals surface area (Å²) in [6.45, 7) is 4.24. The Morgan fingerprint density at radius 2 is 2.24 bits per heavy atom. The first-order chi connectivity index (χ1) is 8.04. The molecule has 92 valence electrons. The number of halogens is 1. The van der Waals surface area contributed by atoms with E-state index in [1.165, 1.54) is 7.11 Å². The van der Waals surface area contributed by atoms with Crippen molar-refractivity contribution in [3.05, 3.63) is 40.4 Å². The molecule has 0 aliphatic heterocycles. The van der Waals surface area contributed by atoms with Gasteiger partial charge in [-0.25, -0.2) is 4.79 Å². The van der Waals surface area contributed by atoms with Crippen molar-refractivity contribution in [2.24, 2.45) is 0 Å². The molecule has 0 aliphatic rings. The number of aryl methyl sites for hydroxylation is 1. The van der Waals surface area contributed by atoms with Crippen LogP contribution in [0, 0.1) is 6.92 Å². The van der Waals surface area contributed by atoms with Gasteiger partial charge in [-0.1, -0.05) is 23.7 Å². The summed E-state index contributed by atoms with van der Waals surface area (Å²) in [4.78, 5) is 11.1. The van der Waals surface area contributed by atoms with Gasteiger partial charge >= 0.3 is 5.97 Å². The Bertz CT molecular complexity index is 441. The van der Waals surface area contributed by atoms with Crippen LogP contribution in [-0.2, 0) is 9.53 Å². The SMILES string of the molecule is COC(=O)/C(C)=C/CNc1cc(C)ccc1Cl. The smallest absolute Gasteiger partial charge is 0.333 e. The van der Waals surface area contributed by atoms with Gasteiger partial charge in [0.15, 0.2) is 0 Å². The van der Waals surface area contributed by atoms with Gasteiger partial charge in [-0.3, -0.25) is 0 Å². The second kappa shape index (κ2) is 6.30. The number of carbonyl (C=O) groups is 1. The van der Waals surface area contributed by atoms with E-state index in [-0.39, 0.29) is 5.97 Å². The Kier molecular flexibility index (Phi) is 5.04. The number of rotatable bonds is 4. The quantitative estimate of drug-likeness (QED) is 0.662. The maximum Gasteiger partial charge on any atom is 0.333 e. The van der Waals surface area contributed by atoms with Gasteiger partial charge in [-0.2, -0.15) is 0 Å². The van der Waals surface area contributed by atoms with Crippen molar-refractivity contribution < 1.29 is 9.53 Å². The lowest BCUT2D eigenvalue weighted by molar-refractivity contribution is -0.136. The van der Waals surface area contributed by atoms with Gasteiger partial charge in [0.1, 0.15) is 0 Å². The minimum absolute atomic E-state index is 0.317. The van der Waals surface area contributed by atoms with Gasteiger partial charge in [-0.05, 0) is 31.5 Å². The summed E-state index contributed by atoms with van der Waals surface area (Å²) >= 11 is 6.03. The van der Waals surface area contributed by atoms with Crippen LogP contribution in [0.5, 0.6) is 0 Å². The molecule has 1 aromatic rings. The Hall–Kier alpha value is -1.48. The predicted octanol–water partition coefficient (Wildman–Crippen LogP) is 3.18. The third-order valence-corrected chi connectivity index (χ3v) is 2.66. The Balaban J connectivity index is 2.62. The van der Waals surface area contributed by atoms with Crippen LogP contribution in [0.2, 0.25) is 5.02 Å². The third-order valence-electron chi connectivity index (χ3n) is 2.33. The fourth-order valence-electron chi connectivity index (χ4n) is 1.33. The number of nitrogens with one attached hydrogen (secondary N) is 1. The summed E-state index contributed by atoms with van der Waals surface area (Å²) in [5.74, 6) is -0.317. The number of carbonyl (C=O) groups excluding carboxylic acids is 1. The zero-order chi connectivity index (χ0) is 12.8. The standard InChI is InChI=1S/C13H16ClNO2/c1-9-4-5-11(14)12(8-9)15-7-6-10(2)13(16)17-3/h4-6,8,15H,7H2,1-3H3/b10-6+. The normalized spacial score (nSPS) is 11.2. The largest absolute Gasteiger partial charge is 0.466 e. The number of ether oxygens (including phenoxy) is 1. The Morgan fingerprint density at radius 1 is 1.53 bits per heavy atom. The second-order valence-electron chi connectivity index (χ2n) is 3.74. The molecule has 1 aromatic carbocycles. The number of esters is 1. The van der Waals surface area contributed by atoms with Crippen molar-refractivity contribution in [3.63, 3.8) is 0 Å². The first-order valence-corrected chi connectivity index (χ1v) is 5.67. The molecule has 0 aliphatic carbocycles. The zero-order valence-electron chi connectivity index (χ0n) is 10.2. The van der Waals surface area contributed by atoms with Crippen molar-refractivity contribution in [3.8, 4) is 0 Å². The molecule has 0 radical (unpaired) electrons. The summed E-state index contributed by atoms with van der Waals surface area (Å²) < 4.78 is 4.60. The molecule has 0 atom stereocenters. The lowest BCUT2D eigenvalue weighted by Gasteiger charge is -2.07. The number of methoxy groups -OCH3 is 1. The monoisotopic (exact) mass is 253 g/mol. The number of benzene rings is 1. The highest BCUT2D eigenvalue weighted by atomic mass is 35.5. The maximum atomic E-state index is 11.1. The Morgan fingerprint density at radius 3 is 2.88 bits per heavy atom. The summed E-state index contributed by atoms with van der Waals surface area (Å²) in [6.07, 6.45) is 1.77. The summed E-state index contributed by atoms with van der Waals surface area (Å²) in [5, 5.41) is 3.81. The lowest BCUT2D eigenvalue weighted by atomic mass is 10.2. The molecule has 17 heavy (non-hydrogen) atoms. The first-order valence-electron chi connectivity index (χ1n) is 5.29. The van der Waals surface area contributed by atoms with Crippen LogP contribution < -0.4 is 5.32 Å². The van der Waals surface area contributed by atoms with Crippen LogP contribution in [-0.4, -0.2) is 19.6 Å². The van der Waals surface area contributed by atoms with Gasteiger partial charge in [0.2, 0.25) is 0 Å². The van der Waals surface area contributed by atoms with Crippen LogP contribution in [0.1, 0.15) is 12.5 Å². The van der Waals surface area contributed by atoms with E-state index in [2.05, 4.69) is 10.1 Å². The summed E-state index contributed by atoms with van der Waals surface area (Å²) in [7, 11) is 1.37. The van der Waals surface area contributed by atoms with Crippen molar-refractivity contribution in [2.75, 3.05) is 19.0 Å². The van der Waals surface area contributed by atoms with Crippen LogP contribution in [0.25, 0.3) is 0 Å². The fraction of sp³-hybridized carbons (Fsp3) is 0.308. The first kappa shape index (κ1) is 13.6. The molecule has 4 heteroatoms. The molecule has 1 N–H and O–H groups in total. The molecule has 1 rings (SSSR count). The minimum atomic E-state index is -0.317. The average molecular weight is 254 g/mol. The molecule has 0 unspecified atom stereocenters. The molecule has 0 bridgehead atoms. The van der Waals surface area contributed by atoms with E-state index in [0.717, 1.165) is 11.3 Å². The number of hydrogen-bond donors (Lipinski definition) is 1. The topological polar surface area (TPSA) is 38.3 Å². The van der Waals surface area contributed by atoms with Crippen LogP contribution in [0.3, 0.4) is 0 Å². The molecule has 0 saturated carbocycles. The molecular formula is C13H16ClNO2. The van der Waals surface area contributed by atoms with Crippen LogP contribution in [0.15, 0.2) is 29.8 Å². The van der Waals surface area contributed by atoms with Gasteiger partial charge in [0, 0.05) is 12.1 Å². The summed E-state index contributed by atoms with van der Waals surface area (Å²) in [6, 6.07) is 5.75. The van der Waals surface area contributed by atoms with E-state index in [1.54, 1.807) is 13.0 Å². The van der Waals surface area contributed by atoms with Gasteiger partial charge < -0.3 is 10.1 Å². The highest BCUT2D eigenvalue weighted by Crippen LogP contribution is 2.22. The maximum absolute atomic E-state index is 11.1. The molecule has 0 spiro atoms. The molecule has 0 aromatic heterocycles. The van der Waals surface area contributed by atoms with E-state index in [0.29, 0.717) is 17.1 Å². The van der Waals surface area contributed by atoms with E-state index >= 15 is 0 Å². The van der Waals surface area contributed by atoms with Crippen molar-refractivity contribution >= 4 is 23.3 Å². The highest BCUT2D eigenvalue weighted by Gasteiger charge is 2.02. The zero-order valence-corrected chi connectivity index (χ0v) is 11.0. The molecule has 0 amide bonds.